The molecule has 0 unspecified atom stereocenters. The first-order valence-electron chi connectivity index (χ1n) is 7.96. The maximum absolute atomic E-state index is 12.0. The highest BCUT2D eigenvalue weighted by Crippen LogP contribution is 2.27. The van der Waals surface area contributed by atoms with Gasteiger partial charge in [0.1, 0.15) is 12.2 Å². The van der Waals surface area contributed by atoms with E-state index in [4.69, 9.17) is 9.15 Å². The van der Waals surface area contributed by atoms with Crippen LogP contribution < -0.4 is 5.63 Å². The molecule has 6 nitrogen and oxygen atoms in total. The number of hydrogen-bond donors (Lipinski definition) is 0. The Morgan fingerprint density at radius 2 is 2.04 bits per heavy atom. The van der Waals surface area contributed by atoms with Crippen molar-refractivity contribution in [2.45, 2.75) is 33.3 Å². The van der Waals surface area contributed by atoms with E-state index in [1.807, 2.05) is 19.1 Å². The van der Waals surface area contributed by atoms with Gasteiger partial charge < -0.3 is 9.15 Å². The Balaban J connectivity index is 1.96. The molecule has 0 fully saturated rings. The second-order valence-electron chi connectivity index (χ2n) is 6.12. The van der Waals surface area contributed by atoms with E-state index in [9.17, 15) is 9.59 Å². The fourth-order valence-electron chi connectivity index (χ4n) is 2.75. The quantitative estimate of drug-likeness (QED) is 0.536. The number of carbonyl (C=O) groups excluding carboxylic acids is 1. The molecule has 1 aromatic carbocycles. The third-order valence-electron chi connectivity index (χ3n) is 3.97. The van der Waals surface area contributed by atoms with E-state index >= 15 is 0 Å². The van der Waals surface area contributed by atoms with Crippen molar-refractivity contribution in [3.05, 3.63) is 69.6 Å². The number of aromatic nitrogens is 2. The van der Waals surface area contributed by atoms with Crippen molar-refractivity contribution >= 4 is 16.9 Å². The first kappa shape index (κ1) is 16.8. The summed E-state index contributed by atoms with van der Waals surface area (Å²) in [6, 6.07) is 5.19. The summed E-state index contributed by atoms with van der Waals surface area (Å²) in [5.74, 6) is -0.267. The molecule has 0 N–H and O–H groups in total. The van der Waals surface area contributed by atoms with E-state index in [0.29, 0.717) is 17.1 Å². The largest absolute Gasteiger partial charge is 0.456 e. The number of esters is 1. The second kappa shape index (κ2) is 6.84. The highest BCUT2D eigenvalue weighted by Gasteiger charge is 2.14. The molecule has 0 spiro atoms. The minimum absolute atomic E-state index is 0.0435. The molecule has 0 amide bonds. The van der Waals surface area contributed by atoms with Crippen molar-refractivity contribution in [2.24, 2.45) is 0 Å². The molecule has 0 aliphatic rings. The van der Waals surface area contributed by atoms with Gasteiger partial charge in [-0.25, -0.2) is 14.6 Å². The van der Waals surface area contributed by atoms with E-state index in [1.54, 1.807) is 0 Å². The topological polar surface area (TPSA) is 82.3 Å². The molecule has 0 bridgehead atoms. The zero-order valence-electron chi connectivity index (χ0n) is 14.3. The lowest BCUT2D eigenvalue weighted by Crippen LogP contribution is -2.10. The van der Waals surface area contributed by atoms with E-state index < -0.39 is 11.6 Å². The van der Waals surface area contributed by atoms with Gasteiger partial charge in [0.25, 0.3) is 0 Å². The van der Waals surface area contributed by atoms with Crippen molar-refractivity contribution < 1.29 is 13.9 Å². The molecule has 3 aromatic rings. The Hall–Kier alpha value is -3.02. The van der Waals surface area contributed by atoms with Crippen LogP contribution in [0, 0.1) is 6.92 Å². The molecule has 0 saturated carbocycles. The Labute approximate surface area is 144 Å². The van der Waals surface area contributed by atoms with Crippen LogP contribution >= 0.6 is 0 Å². The zero-order valence-corrected chi connectivity index (χ0v) is 14.3. The van der Waals surface area contributed by atoms with Gasteiger partial charge in [0.15, 0.2) is 5.69 Å². The van der Waals surface area contributed by atoms with Crippen molar-refractivity contribution in [3.8, 4) is 0 Å². The minimum atomic E-state index is -0.592. The summed E-state index contributed by atoms with van der Waals surface area (Å²) in [5, 5.41) is 0.765. The van der Waals surface area contributed by atoms with Crippen LogP contribution in [0.25, 0.3) is 11.0 Å². The van der Waals surface area contributed by atoms with Gasteiger partial charge in [0, 0.05) is 29.4 Å². The molecule has 3 rings (SSSR count). The number of hydrogen-bond acceptors (Lipinski definition) is 6. The highest BCUT2D eigenvalue weighted by molar-refractivity contribution is 5.87. The zero-order chi connectivity index (χ0) is 18.0. The molecule has 0 aliphatic carbocycles. The average molecular weight is 338 g/mol. The summed E-state index contributed by atoms with van der Waals surface area (Å²) in [4.78, 5) is 31.6. The predicted octanol–water partition coefficient (Wildman–Crippen LogP) is 3.37. The summed E-state index contributed by atoms with van der Waals surface area (Å²) in [6.07, 6.45) is 4.23. The fourth-order valence-corrected chi connectivity index (χ4v) is 2.75. The Morgan fingerprint density at radius 3 is 2.72 bits per heavy atom. The summed E-state index contributed by atoms with van der Waals surface area (Å²) in [7, 11) is 0. The molecule has 128 valence electrons. The third kappa shape index (κ3) is 3.57. The highest BCUT2D eigenvalue weighted by atomic mass is 16.5. The van der Waals surface area contributed by atoms with Gasteiger partial charge in [-0.15, -0.1) is 0 Å². The third-order valence-corrected chi connectivity index (χ3v) is 3.97. The maximum Gasteiger partial charge on any atom is 0.358 e. The van der Waals surface area contributed by atoms with E-state index in [0.717, 1.165) is 16.5 Å². The van der Waals surface area contributed by atoms with Gasteiger partial charge >= 0.3 is 11.6 Å². The lowest BCUT2D eigenvalue weighted by Gasteiger charge is -2.13. The summed E-state index contributed by atoms with van der Waals surface area (Å²) >= 11 is 0. The average Bonchev–Trinajstić information content (AvgIpc) is 2.59. The van der Waals surface area contributed by atoms with Crippen LogP contribution in [0.1, 0.15) is 46.9 Å². The van der Waals surface area contributed by atoms with Gasteiger partial charge in [0.05, 0.1) is 6.20 Å². The van der Waals surface area contributed by atoms with Crippen LogP contribution in [0.15, 0.2) is 46.0 Å². The number of ether oxygens (including phenoxy) is 1. The number of benzene rings is 1. The number of aryl methyl sites for hydroxylation is 1. The van der Waals surface area contributed by atoms with E-state index in [1.165, 1.54) is 24.7 Å². The number of carbonyl (C=O) groups is 1. The second-order valence-corrected chi connectivity index (χ2v) is 6.12. The van der Waals surface area contributed by atoms with Gasteiger partial charge in [-0.05, 0) is 36.1 Å². The summed E-state index contributed by atoms with van der Waals surface area (Å²) in [6.45, 7) is 6.13. The Bertz CT molecular complexity index is 978. The fraction of sp³-hybridized carbons (Fsp3) is 0.263. The number of nitrogens with zero attached hydrogens (tertiary/aromatic N) is 2. The van der Waals surface area contributed by atoms with Crippen LogP contribution in [-0.2, 0) is 11.3 Å². The number of fused-ring (bicyclic) bond motifs is 1. The van der Waals surface area contributed by atoms with Crippen LogP contribution in [0.2, 0.25) is 0 Å². The molecule has 0 aliphatic heterocycles. The van der Waals surface area contributed by atoms with Crippen molar-refractivity contribution in [3.63, 3.8) is 0 Å². The predicted molar refractivity (Wildman–Crippen MR) is 92.5 cm³/mol. The van der Waals surface area contributed by atoms with E-state index in [-0.39, 0.29) is 12.3 Å². The molecular formula is C19H18N2O4. The molecule has 25 heavy (non-hydrogen) atoms. The molecule has 6 heteroatoms. The van der Waals surface area contributed by atoms with Gasteiger partial charge in [0.2, 0.25) is 0 Å². The molecule has 2 aromatic heterocycles. The van der Waals surface area contributed by atoms with Crippen molar-refractivity contribution in [1.82, 2.24) is 9.97 Å². The SMILES string of the molecule is Cc1cc2oc(=O)cc(COC(=O)c3cnccn3)c2cc1C(C)C. The van der Waals surface area contributed by atoms with Crippen LogP contribution in [0.5, 0.6) is 0 Å². The van der Waals surface area contributed by atoms with E-state index in [2.05, 4.69) is 23.8 Å². The van der Waals surface area contributed by atoms with Gasteiger partial charge in [-0.1, -0.05) is 13.8 Å². The van der Waals surface area contributed by atoms with Gasteiger partial charge in [-0.3, -0.25) is 4.98 Å². The Morgan fingerprint density at radius 1 is 1.24 bits per heavy atom. The Kier molecular flexibility index (Phi) is 4.61. The molecule has 0 atom stereocenters. The van der Waals surface area contributed by atoms with Crippen LogP contribution in [0.4, 0.5) is 0 Å². The normalized spacial score (nSPS) is 11.0. The molecule has 0 saturated heterocycles. The molecular weight excluding hydrogens is 320 g/mol. The first-order valence-corrected chi connectivity index (χ1v) is 7.96. The van der Waals surface area contributed by atoms with Crippen molar-refractivity contribution in [1.29, 1.82) is 0 Å². The molecule has 2 heterocycles. The number of rotatable bonds is 4. The molecule has 0 radical (unpaired) electrons. The standard InChI is InChI=1S/C19H18N2O4/c1-11(2)14-8-15-13(7-18(22)25-17(15)6-12(14)3)10-24-19(23)16-9-20-4-5-21-16/h4-9,11H,10H2,1-3H3. The monoisotopic (exact) mass is 338 g/mol. The first-order chi connectivity index (χ1) is 12.0. The van der Waals surface area contributed by atoms with Crippen molar-refractivity contribution in [2.75, 3.05) is 0 Å². The summed E-state index contributed by atoms with van der Waals surface area (Å²) < 4.78 is 10.6. The minimum Gasteiger partial charge on any atom is -0.456 e. The van der Waals surface area contributed by atoms with Gasteiger partial charge in [-0.2, -0.15) is 0 Å². The van der Waals surface area contributed by atoms with Crippen LogP contribution in [0.3, 0.4) is 0 Å². The lowest BCUT2D eigenvalue weighted by atomic mass is 9.95. The van der Waals surface area contributed by atoms with Crippen LogP contribution in [-0.4, -0.2) is 15.9 Å². The maximum atomic E-state index is 12.0. The summed E-state index contributed by atoms with van der Waals surface area (Å²) in [5.41, 5.74) is 2.94. The lowest BCUT2D eigenvalue weighted by molar-refractivity contribution is 0.0466. The smallest absolute Gasteiger partial charge is 0.358 e.